The molecule has 0 amide bonds. The first-order valence-electron chi connectivity index (χ1n) is 7.82. The van der Waals surface area contributed by atoms with Gasteiger partial charge in [-0.15, -0.1) is 0 Å². The minimum absolute atomic E-state index is 0.228. The predicted octanol–water partition coefficient (Wildman–Crippen LogP) is 5.29. The molecule has 138 valence electrons. The van der Waals surface area contributed by atoms with Crippen molar-refractivity contribution in [1.29, 1.82) is 0 Å². The van der Waals surface area contributed by atoms with E-state index >= 15 is 0 Å². The maximum Gasteiger partial charge on any atom is 0.343 e. The van der Waals surface area contributed by atoms with Gasteiger partial charge in [-0.05, 0) is 24.1 Å². The lowest BCUT2D eigenvalue weighted by molar-refractivity contribution is 0.0733. The molecule has 0 unspecified atom stereocenters. The number of halogens is 4. The molecule has 0 spiro atoms. The number of carbonyl (C=O) groups is 1. The van der Waals surface area contributed by atoms with Gasteiger partial charge in [0, 0.05) is 18.2 Å². The Balaban J connectivity index is 2.10. The molecule has 0 N–H and O–H groups in total. The number of ether oxygens (including phenoxy) is 2. The van der Waals surface area contributed by atoms with Crippen molar-refractivity contribution in [2.75, 3.05) is 0 Å². The SMILES string of the molecule is CCCc1ccc(C(=O)Oc2cc(F)c(OC=CC(F)F)c(F)c2)cc1. The van der Waals surface area contributed by atoms with E-state index in [0.29, 0.717) is 12.3 Å². The lowest BCUT2D eigenvalue weighted by Crippen LogP contribution is -2.09. The zero-order valence-electron chi connectivity index (χ0n) is 13.8. The second-order valence-corrected chi connectivity index (χ2v) is 5.33. The number of hydrogen-bond acceptors (Lipinski definition) is 3. The summed E-state index contributed by atoms with van der Waals surface area (Å²) in [6.07, 6.45) is -0.175. The molecular weight excluding hydrogens is 352 g/mol. The van der Waals surface area contributed by atoms with Crippen LogP contribution in [0.5, 0.6) is 11.5 Å². The topological polar surface area (TPSA) is 35.5 Å². The van der Waals surface area contributed by atoms with Gasteiger partial charge in [-0.3, -0.25) is 0 Å². The molecule has 0 aliphatic heterocycles. The summed E-state index contributed by atoms with van der Waals surface area (Å²) >= 11 is 0. The summed E-state index contributed by atoms with van der Waals surface area (Å²) in [5.74, 6) is -4.40. The molecular formula is C19H16F4O3. The zero-order valence-corrected chi connectivity index (χ0v) is 13.8. The van der Waals surface area contributed by atoms with E-state index in [0.717, 1.165) is 30.5 Å². The van der Waals surface area contributed by atoms with Crippen LogP contribution in [0, 0.1) is 11.6 Å². The highest BCUT2D eigenvalue weighted by atomic mass is 19.3. The van der Waals surface area contributed by atoms with Crippen molar-refractivity contribution in [2.45, 2.75) is 26.2 Å². The Kier molecular flexibility index (Phi) is 6.77. The summed E-state index contributed by atoms with van der Waals surface area (Å²) in [5.41, 5.74) is 1.28. The summed E-state index contributed by atoms with van der Waals surface area (Å²) in [4.78, 5) is 12.0. The van der Waals surface area contributed by atoms with Crippen LogP contribution in [0.2, 0.25) is 0 Å². The number of allylic oxidation sites excluding steroid dienone is 1. The molecule has 2 aromatic rings. The molecule has 0 aliphatic carbocycles. The van der Waals surface area contributed by atoms with E-state index in [1.807, 2.05) is 6.92 Å². The van der Waals surface area contributed by atoms with Gasteiger partial charge in [0.15, 0.2) is 17.4 Å². The molecule has 3 nitrogen and oxygen atoms in total. The number of rotatable bonds is 7. The molecule has 0 radical (unpaired) electrons. The van der Waals surface area contributed by atoms with Crippen LogP contribution in [-0.2, 0) is 6.42 Å². The maximum atomic E-state index is 13.8. The fourth-order valence-corrected chi connectivity index (χ4v) is 2.14. The third-order valence-corrected chi connectivity index (χ3v) is 3.32. The fraction of sp³-hybridized carbons (Fsp3) is 0.211. The molecule has 0 bridgehead atoms. The molecule has 26 heavy (non-hydrogen) atoms. The first kappa shape index (κ1) is 19.5. The van der Waals surface area contributed by atoms with E-state index in [1.165, 1.54) is 0 Å². The van der Waals surface area contributed by atoms with Crippen LogP contribution in [0.3, 0.4) is 0 Å². The molecule has 0 fully saturated rings. The van der Waals surface area contributed by atoms with E-state index in [-0.39, 0.29) is 11.3 Å². The number of esters is 1. The number of benzene rings is 2. The summed E-state index contributed by atoms with van der Waals surface area (Å²) in [5, 5.41) is 0. The Labute approximate surface area is 147 Å². The van der Waals surface area contributed by atoms with E-state index in [9.17, 15) is 22.4 Å². The first-order chi connectivity index (χ1) is 12.4. The largest absolute Gasteiger partial charge is 0.459 e. The smallest absolute Gasteiger partial charge is 0.343 e. The van der Waals surface area contributed by atoms with E-state index in [2.05, 4.69) is 4.74 Å². The van der Waals surface area contributed by atoms with Crippen molar-refractivity contribution in [3.63, 3.8) is 0 Å². The Morgan fingerprint density at radius 2 is 1.73 bits per heavy atom. The molecule has 2 aromatic carbocycles. The lowest BCUT2D eigenvalue weighted by atomic mass is 10.1. The quantitative estimate of drug-likeness (QED) is 0.288. The average Bonchev–Trinajstić information content (AvgIpc) is 2.58. The van der Waals surface area contributed by atoms with E-state index in [1.54, 1.807) is 24.3 Å². The molecule has 2 rings (SSSR count). The first-order valence-corrected chi connectivity index (χ1v) is 7.82. The van der Waals surface area contributed by atoms with Crippen molar-refractivity contribution >= 4 is 5.97 Å². The minimum Gasteiger partial charge on any atom is -0.459 e. The van der Waals surface area contributed by atoms with Crippen molar-refractivity contribution in [2.24, 2.45) is 0 Å². The zero-order chi connectivity index (χ0) is 19.1. The second kappa shape index (κ2) is 9.03. The summed E-state index contributed by atoms with van der Waals surface area (Å²) in [7, 11) is 0. The monoisotopic (exact) mass is 368 g/mol. The van der Waals surface area contributed by atoms with Gasteiger partial charge >= 0.3 is 5.97 Å². The number of aryl methyl sites for hydroxylation is 1. The third kappa shape index (κ3) is 5.34. The highest BCUT2D eigenvalue weighted by Crippen LogP contribution is 2.28. The molecule has 0 aromatic heterocycles. The molecule has 7 heteroatoms. The van der Waals surface area contributed by atoms with Gasteiger partial charge in [-0.1, -0.05) is 25.5 Å². The predicted molar refractivity (Wildman–Crippen MR) is 87.5 cm³/mol. The summed E-state index contributed by atoms with van der Waals surface area (Å²) in [6, 6.07) is 8.14. The van der Waals surface area contributed by atoms with Gasteiger partial charge < -0.3 is 9.47 Å². The Morgan fingerprint density at radius 1 is 1.12 bits per heavy atom. The van der Waals surface area contributed by atoms with Crippen LogP contribution in [0.15, 0.2) is 48.7 Å². The molecule has 0 saturated heterocycles. The number of alkyl halides is 2. The van der Waals surface area contributed by atoms with Crippen molar-refractivity contribution in [3.05, 3.63) is 71.5 Å². The standard InChI is InChI=1S/C19H16F4O3/c1-2-3-12-4-6-13(7-5-12)19(24)26-14-10-15(20)18(16(21)11-14)25-9-8-17(22)23/h4-11,17H,2-3H2,1H3. The molecule has 0 atom stereocenters. The minimum atomic E-state index is -2.81. The average molecular weight is 368 g/mol. The van der Waals surface area contributed by atoms with Gasteiger partial charge in [-0.2, -0.15) is 0 Å². The van der Waals surface area contributed by atoms with Crippen molar-refractivity contribution < 1.29 is 31.8 Å². The van der Waals surface area contributed by atoms with E-state index < -0.39 is 29.8 Å². The van der Waals surface area contributed by atoms with Crippen LogP contribution < -0.4 is 9.47 Å². The van der Waals surface area contributed by atoms with Gasteiger partial charge in [0.25, 0.3) is 6.43 Å². The molecule has 0 heterocycles. The van der Waals surface area contributed by atoms with Gasteiger partial charge in [-0.25, -0.2) is 22.4 Å². The summed E-state index contributed by atoms with van der Waals surface area (Å²) < 4.78 is 61.1. The van der Waals surface area contributed by atoms with Crippen LogP contribution in [0.4, 0.5) is 17.6 Å². The lowest BCUT2D eigenvalue weighted by Gasteiger charge is -2.08. The molecule has 0 aliphatic rings. The normalized spacial score (nSPS) is 11.2. The number of carbonyl (C=O) groups excluding carboxylic acids is 1. The number of hydrogen-bond donors (Lipinski definition) is 0. The van der Waals surface area contributed by atoms with Crippen LogP contribution in [0.25, 0.3) is 0 Å². The highest BCUT2D eigenvalue weighted by molar-refractivity contribution is 5.91. The van der Waals surface area contributed by atoms with Crippen LogP contribution in [0.1, 0.15) is 29.3 Å². The molecule has 0 saturated carbocycles. The van der Waals surface area contributed by atoms with Gasteiger partial charge in [0.05, 0.1) is 11.8 Å². The Bertz CT molecular complexity index is 763. The van der Waals surface area contributed by atoms with Gasteiger partial charge in [0.1, 0.15) is 5.75 Å². The van der Waals surface area contributed by atoms with Crippen LogP contribution >= 0.6 is 0 Å². The van der Waals surface area contributed by atoms with E-state index in [4.69, 9.17) is 4.74 Å². The second-order valence-electron chi connectivity index (χ2n) is 5.33. The maximum absolute atomic E-state index is 13.8. The summed E-state index contributed by atoms with van der Waals surface area (Å²) in [6.45, 7) is 2.03. The fourth-order valence-electron chi connectivity index (χ4n) is 2.14. The van der Waals surface area contributed by atoms with Crippen LogP contribution in [-0.4, -0.2) is 12.4 Å². The Hall–Kier alpha value is -2.83. The van der Waals surface area contributed by atoms with Gasteiger partial charge in [0.2, 0.25) is 0 Å². The van der Waals surface area contributed by atoms with Crippen molar-refractivity contribution in [3.8, 4) is 11.5 Å². The highest BCUT2D eigenvalue weighted by Gasteiger charge is 2.16. The van der Waals surface area contributed by atoms with Crippen molar-refractivity contribution in [1.82, 2.24) is 0 Å². The Morgan fingerprint density at radius 3 is 2.27 bits per heavy atom. The third-order valence-electron chi connectivity index (χ3n) is 3.32.